The van der Waals surface area contributed by atoms with Gasteiger partial charge in [-0.3, -0.25) is 0 Å². The number of benzene rings is 1. The second-order valence-electron chi connectivity index (χ2n) is 5.78. The van der Waals surface area contributed by atoms with Crippen molar-refractivity contribution in [3.05, 3.63) is 28.2 Å². The Bertz CT molecular complexity index is 552. The van der Waals surface area contributed by atoms with Gasteiger partial charge in [-0.25, -0.2) is 9.59 Å². The summed E-state index contributed by atoms with van der Waals surface area (Å²) < 4.78 is 0.494. The fourth-order valence-corrected chi connectivity index (χ4v) is 3.21. The van der Waals surface area contributed by atoms with Gasteiger partial charge < -0.3 is 15.3 Å². The molecule has 2 amide bonds. The van der Waals surface area contributed by atoms with Crippen LogP contribution < -0.4 is 5.32 Å². The highest BCUT2D eigenvalue weighted by molar-refractivity contribution is 9.10. The van der Waals surface area contributed by atoms with Crippen molar-refractivity contribution < 1.29 is 14.7 Å². The van der Waals surface area contributed by atoms with E-state index in [4.69, 9.17) is 5.11 Å². The Kier molecular flexibility index (Phi) is 4.88. The van der Waals surface area contributed by atoms with Crippen LogP contribution in [0.25, 0.3) is 0 Å². The minimum Gasteiger partial charge on any atom is -0.478 e. The van der Waals surface area contributed by atoms with E-state index in [9.17, 15) is 9.59 Å². The molecule has 1 aromatic rings. The van der Waals surface area contributed by atoms with E-state index >= 15 is 0 Å². The highest BCUT2D eigenvalue weighted by Gasteiger charge is 2.25. The summed E-state index contributed by atoms with van der Waals surface area (Å²) in [4.78, 5) is 25.2. The van der Waals surface area contributed by atoms with Gasteiger partial charge in [0.15, 0.2) is 0 Å². The molecule has 1 heterocycles. The Morgan fingerprint density at radius 2 is 1.90 bits per heavy atom. The first-order valence-electron chi connectivity index (χ1n) is 6.95. The van der Waals surface area contributed by atoms with Crippen LogP contribution in [0.4, 0.5) is 10.5 Å². The van der Waals surface area contributed by atoms with Crippen molar-refractivity contribution in [3.63, 3.8) is 0 Å². The SMILES string of the molecule is CC1CC(C)CN(C(=O)Nc2ccc(Br)c(C(=O)O)c2)C1. The zero-order valence-electron chi connectivity index (χ0n) is 12.1. The van der Waals surface area contributed by atoms with E-state index in [1.807, 2.05) is 0 Å². The molecule has 0 bridgehead atoms. The number of aromatic carboxylic acids is 1. The molecule has 2 atom stereocenters. The number of carboxylic acids is 1. The predicted octanol–water partition coefficient (Wildman–Crippen LogP) is 3.66. The molecule has 1 fully saturated rings. The van der Waals surface area contributed by atoms with Crippen LogP contribution in [0.15, 0.2) is 22.7 Å². The first kappa shape index (κ1) is 15.8. The van der Waals surface area contributed by atoms with Gasteiger partial charge in [0, 0.05) is 23.2 Å². The molecular formula is C15H19BrN2O3. The average molecular weight is 355 g/mol. The molecule has 114 valence electrons. The number of piperidine rings is 1. The Morgan fingerprint density at radius 1 is 1.29 bits per heavy atom. The van der Waals surface area contributed by atoms with Gasteiger partial charge in [0.1, 0.15) is 0 Å². The molecule has 0 aromatic heterocycles. The maximum absolute atomic E-state index is 12.3. The van der Waals surface area contributed by atoms with Gasteiger partial charge in [0.2, 0.25) is 0 Å². The first-order valence-corrected chi connectivity index (χ1v) is 7.75. The molecule has 1 aromatic carbocycles. The smallest absolute Gasteiger partial charge is 0.336 e. The highest BCUT2D eigenvalue weighted by Crippen LogP contribution is 2.24. The summed E-state index contributed by atoms with van der Waals surface area (Å²) in [5.41, 5.74) is 0.625. The minimum absolute atomic E-state index is 0.133. The predicted molar refractivity (Wildman–Crippen MR) is 84.6 cm³/mol. The zero-order valence-corrected chi connectivity index (χ0v) is 13.7. The van der Waals surface area contributed by atoms with Crippen molar-refractivity contribution in [1.82, 2.24) is 4.90 Å². The van der Waals surface area contributed by atoms with Crippen molar-refractivity contribution in [2.24, 2.45) is 11.8 Å². The van der Waals surface area contributed by atoms with Crippen LogP contribution >= 0.6 is 15.9 Å². The largest absolute Gasteiger partial charge is 0.478 e. The van der Waals surface area contributed by atoms with Crippen LogP contribution in [0.1, 0.15) is 30.6 Å². The molecule has 1 aliphatic heterocycles. The van der Waals surface area contributed by atoms with Crippen LogP contribution in [0, 0.1) is 11.8 Å². The number of anilines is 1. The van der Waals surface area contributed by atoms with E-state index in [1.165, 1.54) is 6.07 Å². The standard InChI is InChI=1S/C15H19BrN2O3/c1-9-5-10(2)8-18(7-9)15(21)17-11-3-4-13(16)12(6-11)14(19)20/h3-4,6,9-10H,5,7-8H2,1-2H3,(H,17,21)(H,19,20). The number of carboxylic acid groups (broad SMARTS) is 1. The average Bonchev–Trinajstić information content (AvgIpc) is 2.39. The lowest BCUT2D eigenvalue weighted by molar-refractivity contribution is 0.0696. The Labute approximate surface area is 132 Å². The summed E-state index contributed by atoms with van der Waals surface area (Å²) in [5.74, 6) is -0.0591. The fourth-order valence-electron chi connectivity index (χ4n) is 2.80. The van der Waals surface area contributed by atoms with E-state index in [0.29, 0.717) is 22.0 Å². The van der Waals surface area contributed by atoms with Crippen molar-refractivity contribution in [1.29, 1.82) is 0 Å². The molecule has 2 unspecified atom stereocenters. The van der Waals surface area contributed by atoms with Gasteiger partial charge in [-0.15, -0.1) is 0 Å². The van der Waals surface area contributed by atoms with E-state index in [0.717, 1.165) is 19.5 Å². The van der Waals surface area contributed by atoms with E-state index < -0.39 is 5.97 Å². The van der Waals surface area contributed by atoms with Gasteiger partial charge >= 0.3 is 12.0 Å². The second-order valence-corrected chi connectivity index (χ2v) is 6.64. The van der Waals surface area contributed by atoms with E-state index in [-0.39, 0.29) is 11.6 Å². The number of nitrogens with zero attached hydrogens (tertiary/aromatic N) is 1. The van der Waals surface area contributed by atoms with Crippen molar-refractivity contribution in [2.45, 2.75) is 20.3 Å². The lowest BCUT2D eigenvalue weighted by Crippen LogP contribution is -2.44. The van der Waals surface area contributed by atoms with E-state index in [1.54, 1.807) is 17.0 Å². The van der Waals surface area contributed by atoms with Crippen molar-refractivity contribution in [2.75, 3.05) is 18.4 Å². The summed E-state index contributed by atoms with van der Waals surface area (Å²) >= 11 is 3.19. The topological polar surface area (TPSA) is 69.6 Å². The maximum atomic E-state index is 12.3. The lowest BCUT2D eigenvalue weighted by atomic mass is 9.92. The minimum atomic E-state index is -1.03. The van der Waals surface area contributed by atoms with Crippen LogP contribution in [-0.4, -0.2) is 35.1 Å². The normalized spacial score (nSPS) is 22.0. The summed E-state index contributed by atoms with van der Waals surface area (Å²) in [6, 6.07) is 4.60. The molecular weight excluding hydrogens is 336 g/mol. The van der Waals surface area contributed by atoms with E-state index in [2.05, 4.69) is 35.1 Å². The van der Waals surface area contributed by atoms with Gasteiger partial charge in [-0.2, -0.15) is 0 Å². The number of hydrogen-bond donors (Lipinski definition) is 2. The second kappa shape index (κ2) is 6.47. The molecule has 1 saturated heterocycles. The summed E-state index contributed by atoms with van der Waals surface area (Å²) in [6.07, 6.45) is 1.13. The molecule has 0 aliphatic carbocycles. The Hall–Kier alpha value is -1.56. The number of nitrogens with one attached hydrogen (secondary N) is 1. The van der Waals surface area contributed by atoms with Crippen LogP contribution in [0.2, 0.25) is 0 Å². The summed E-state index contributed by atoms with van der Waals surface area (Å²) in [5, 5.41) is 11.9. The lowest BCUT2D eigenvalue weighted by Gasteiger charge is -2.34. The maximum Gasteiger partial charge on any atom is 0.336 e. The van der Waals surface area contributed by atoms with Gasteiger partial charge in [0.05, 0.1) is 5.56 Å². The number of amides is 2. The van der Waals surface area contributed by atoms with Crippen LogP contribution in [0.3, 0.4) is 0 Å². The molecule has 0 spiro atoms. The van der Waals surface area contributed by atoms with Crippen molar-refractivity contribution >= 4 is 33.6 Å². The molecule has 6 heteroatoms. The molecule has 2 rings (SSSR count). The number of likely N-dealkylation sites (tertiary alicyclic amines) is 1. The third-order valence-electron chi connectivity index (χ3n) is 3.60. The number of rotatable bonds is 2. The monoisotopic (exact) mass is 354 g/mol. The highest BCUT2D eigenvalue weighted by atomic mass is 79.9. The molecule has 0 saturated carbocycles. The third kappa shape index (κ3) is 3.97. The molecule has 5 nitrogen and oxygen atoms in total. The molecule has 0 radical (unpaired) electrons. The summed E-state index contributed by atoms with van der Waals surface area (Å²) in [7, 11) is 0. The van der Waals surface area contributed by atoms with Crippen LogP contribution in [-0.2, 0) is 0 Å². The number of halogens is 1. The first-order chi connectivity index (χ1) is 9.86. The van der Waals surface area contributed by atoms with Crippen LogP contribution in [0.5, 0.6) is 0 Å². The Balaban J connectivity index is 2.09. The number of urea groups is 1. The number of hydrogen-bond acceptors (Lipinski definition) is 2. The quantitative estimate of drug-likeness (QED) is 0.851. The molecule has 21 heavy (non-hydrogen) atoms. The number of carbonyl (C=O) groups is 2. The fraction of sp³-hybridized carbons (Fsp3) is 0.467. The van der Waals surface area contributed by atoms with Gasteiger partial charge in [0.25, 0.3) is 0 Å². The third-order valence-corrected chi connectivity index (χ3v) is 4.30. The zero-order chi connectivity index (χ0) is 15.6. The molecule has 1 aliphatic rings. The number of carbonyl (C=O) groups excluding carboxylic acids is 1. The summed E-state index contributed by atoms with van der Waals surface area (Å²) in [6.45, 7) is 5.74. The van der Waals surface area contributed by atoms with Gasteiger partial charge in [-0.1, -0.05) is 13.8 Å². The van der Waals surface area contributed by atoms with Crippen molar-refractivity contribution in [3.8, 4) is 0 Å². The Morgan fingerprint density at radius 3 is 2.48 bits per heavy atom. The molecule has 2 N–H and O–H groups in total. The van der Waals surface area contributed by atoms with Gasteiger partial charge in [-0.05, 0) is 52.4 Å².